The second kappa shape index (κ2) is 4.50. The number of benzene rings is 1. The Morgan fingerprint density at radius 2 is 1.71 bits per heavy atom. The van der Waals surface area contributed by atoms with Crippen LogP contribution >= 0.6 is 0 Å². The molecule has 0 saturated carbocycles. The van der Waals surface area contributed by atoms with Gasteiger partial charge in [0, 0.05) is 12.5 Å². The summed E-state index contributed by atoms with van der Waals surface area (Å²) < 4.78 is 10.2. The van der Waals surface area contributed by atoms with Crippen molar-refractivity contribution in [1.29, 1.82) is 5.41 Å². The molecule has 3 N–H and O–H groups in total. The van der Waals surface area contributed by atoms with Gasteiger partial charge in [-0.25, -0.2) is 0 Å². The SMILES string of the molecule is COc1cc(CC(=N)N)cc(OC)c1. The average molecular weight is 194 g/mol. The van der Waals surface area contributed by atoms with Crippen molar-refractivity contribution in [2.75, 3.05) is 14.2 Å². The van der Waals surface area contributed by atoms with Gasteiger partial charge in [0.25, 0.3) is 0 Å². The van der Waals surface area contributed by atoms with Gasteiger partial charge in [-0.05, 0) is 17.7 Å². The minimum absolute atomic E-state index is 0.125. The van der Waals surface area contributed by atoms with E-state index in [0.717, 1.165) is 5.56 Å². The lowest BCUT2D eigenvalue weighted by molar-refractivity contribution is 0.393. The van der Waals surface area contributed by atoms with E-state index < -0.39 is 0 Å². The van der Waals surface area contributed by atoms with Gasteiger partial charge in [-0.1, -0.05) is 0 Å². The van der Waals surface area contributed by atoms with E-state index in [0.29, 0.717) is 17.9 Å². The van der Waals surface area contributed by atoms with Crippen molar-refractivity contribution < 1.29 is 9.47 Å². The van der Waals surface area contributed by atoms with Crippen LogP contribution in [0, 0.1) is 5.41 Å². The highest BCUT2D eigenvalue weighted by Gasteiger charge is 2.02. The van der Waals surface area contributed by atoms with E-state index in [2.05, 4.69) is 0 Å². The van der Waals surface area contributed by atoms with Crippen LogP contribution < -0.4 is 15.2 Å². The first kappa shape index (κ1) is 10.4. The zero-order valence-corrected chi connectivity index (χ0v) is 8.33. The Morgan fingerprint density at radius 3 is 2.07 bits per heavy atom. The van der Waals surface area contributed by atoms with E-state index in [4.69, 9.17) is 20.6 Å². The maximum Gasteiger partial charge on any atom is 0.122 e. The summed E-state index contributed by atoms with van der Waals surface area (Å²) in [6.45, 7) is 0. The van der Waals surface area contributed by atoms with Crippen molar-refractivity contribution in [3.05, 3.63) is 23.8 Å². The van der Waals surface area contributed by atoms with Crippen molar-refractivity contribution in [3.63, 3.8) is 0 Å². The molecule has 1 rings (SSSR count). The number of ether oxygens (including phenoxy) is 2. The molecule has 0 amide bonds. The molecule has 0 aliphatic heterocycles. The van der Waals surface area contributed by atoms with Gasteiger partial charge in [0.15, 0.2) is 0 Å². The van der Waals surface area contributed by atoms with Crippen LogP contribution in [0.3, 0.4) is 0 Å². The Morgan fingerprint density at radius 1 is 1.21 bits per heavy atom. The molecule has 0 unspecified atom stereocenters. The highest BCUT2D eigenvalue weighted by Crippen LogP contribution is 2.22. The molecule has 0 radical (unpaired) electrons. The highest BCUT2D eigenvalue weighted by molar-refractivity contribution is 5.79. The molecule has 0 bridgehead atoms. The Kier molecular flexibility index (Phi) is 3.34. The van der Waals surface area contributed by atoms with Crippen LogP contribution in [0.4, 0.5) is 0 Å². The molecule has 0 aromatic heterocycles. The molecule has 4 nitrogen and oxygen atoms in total. The minimum atomic E-state index is 0.125. The number of nitrogens with two attached hydrogens (primary N) is 1. The lowest BCUT2D eigenvalue weighted by Crippen LogP contribution is -2.12. The van der Waals surface area contributed by atoms with Gasteiger partial charge in [0.1, 0.15) is 11.5 Å². The quantitative estimate of drug-likeness (QED) is 0.558. The number of nitrogens with one attached hydrogen (secondary N) is 1. The van der Waals surface area contributed by atoms with Gasteiger partial charge in [0.05, 0.1) is 20.1 Å². The highest BCUT2D eigenvalue weighted by atomic mass is 16.5. The van der Waals surface area contributed by atoms with Crippen LogP contribution in [-0.4, -0.2) is 20.1 Å². The summed E-state index contributed by atoms with van der Waals surface area (Å²) in [4.78, 5) is 0. The summed E-state index contributed by atoms with van der Waals surface area (Å²) in [5, 5.41) is 7.18. The van der Waals surface area contributed by atoms with Crippen molar-refractivity contribution >= 4 is 5.84 Å². The van der Waals surface area contributed by atoms with Gasteiger partial charge in [-0.15, -0.1) is 0 Å². The summed E-state index contributed by atoms with van der Waals surface area (Å²) in [5.74, 6) is 1.54. The fraction of sp³-hybridized carbons (Fsp3) is 0.300. The Balaban J connectivity index is 2.98. The predicted octanol–water partition coefficient (Wildman–Crippen LogP) is 1.18. The molecule has 0 atom stereocenters. The van der Waals surface area contributed by atoms with Crippen molar-refractivity contribution in [3.8, 4) is 11.5 Å². The number of hydrogen-bond acceptors (Lipinski definition) is 3. The van der Waals surface area contributed by atoms with Crippen LogP contribution in [0.2, 0.25) is 0 Å². The fourth-order valence-corrected chi connectivity index (χ4v) is 1.19. The van der Waals surface area contributed by atoms with E-state index in [1.807, 2.05) is 12.1 Å². The maximum atomic E-state index is 7.18. The predicted molar refractivity (Wildman–Crippen MR) is 55.2 cm³/mol. The molecular formula is C10H14N2O2. The number of amidine groups is 1. The molecule has 4 heteroatoms. The molecule has 0 aliphatic carbocycles. The minimum Gasteiger partial charge on any atom is -0.497 e. The molecular weight excluding hydrogens is 180 g/mol. The summed E-state index contributed by atoms with van der Waals surface area (Å²) >= 11 is 0. The number of methoxy groups -OCH3 is 2. The van der Waals surface area contributed by atoms with E-state index in [1.54, 1.807) is 20.3 Å². The largest absolute Gasteiger partial charge is 0.497 e. The van der Waals surface area contributed by atoms with Crippen LogP contribution in [0.25, 0.3) is 0 Å². The van der Waals surface area contributed by atoms with Gasteiger partial charge >= 0.3 is 0 Å². The summed E-state index contributed by atoms with van der Waals surface area (Å²) in [5.41, 5.74) is 6.22. The van der Waals surface area contributed by atoms with E-state index >= 15 is 0 Å². The van der Waals surface area contributed by atoms with Gasteiger partial charge < -0.3 is 15.2 Å². The van der Waals surface area contributed by atoms with Crippen LogP contribution in [0.5, 0.6) is 11.5 Å². The molecule has 76 valence electrons. The Labute approximate surface area is 83.1 Å². The molecule has 0 heterocycles. The van der Waals surface area contributed by atoms with Crippen LogP contribution in [-0.2, 0) is 6.42 Å². The van der Waals surface area contributed by atoms with Gasteiger partial charge in [0.2, 0.25) is 0 Å². The molecule has 0 saturated heterocycles. The molecule has 0 spiro atoms. The van der Waals surface area contributed by atoms with Crippen LogP contribution in [0.15, 0.2) is 18.2 Å². The van der Waals surface area contributed by atoms with E-state index in [-0.39, 0.29) is 5.84 Å². The zero-order valence-electron chi connectivity index (χ0n) is 8.33. The Hall–Kier alpha value is -1.71. The molecule has 0 aliphatic rings. The normalized spacial score (nSPS) is 9.57. The molecule has 1 aromatic carbocycles. The molecule has 1 aromatic rings. The molecule has 14 heavy (non-hydrogen) atoms. The van der Waals surface area contributed by atoms with Crippen molar-refractivity contribution in [2.45, 2.75) is 6.42 Å². The van der Waals surface area contributed by atoms with Gasteiger partial charge in [-0.2, -0.15) is 0 Å². The standard InChI is InChI=1S/C10H14N2O2/c1-13-8-3-7(5-10(11)12)4-9(6-8)14-2/h3-4,6H,5H2,1-2H3,(H3,11,12). The smallest absolute Gasteiger partial charge is 0.122 e. The monoisotopic (exact) mass is 194 g/mol. The topological polar surface area (TPSA) is 68.3 Å². The average Bonchev–Trinajstić information content (AvgIpc) is 2.16. The lowest BCUT2D eigenvalue weighted by Gasteiger charge is -2.07. The second-order valence-corrected chi connectivity index (χ2v) is 2.92. The maximum absolute atomic E-state index is 7.18. The molecule has 0 fully saturated rings. The van der Waals surface area contributed by atoms with Gasteiger partial charge in [-0.3, -0.25) is 5.41 Å². The lowest BCUT2D eigenvalue weighted by atomic mass is 10.1. The van der Waals surface area contributed by atoms with Crippen molar-refractivity contribution in [2.24, 2.45) is 5.73 Å². The third kappa shape index (κ3) is 2.65. The third-order valence-electron chi connectivity index (χ3n) is 1.81. The zero-order chi connectivity index (χ0) is 10.6. The van der Waals surface area contributed by atoms with E-state index in [1.165, 1.54) is 0 Å². The first-order valence-electron chi connectivity index (χ1n) is 4.20. The summed E-state index contributed by atoms with van der Waals surface area (Å²) in [7, 11) is 3.18. The van der Waals surface area contributed by atoms with Crippen molar-refractivity contribution in [1.82, 2.24) is 0 Å². The third-order valence-corrected chi connectivity index (χ3v) is 1.81. The first-order valence-corrected chi connectivity index (χ1v) is 4.20. The second-order valence-electron chi connectivity index (χ2n) is 2.92. The van der Waals surface area contributed by atoms with Crippen LogP contribution in [0.1, 0.15) is 5.56 Å². The summed E-state index contributed by atoms with van der Waals surface area (Å²) in [6.07, 6.45) is 0.410. The Bertz CT molecular complexity index is 315. The first-order chi connectivity index (χ1) is 6.65. The van der Waals surface area contributed by atoms with E-state index in [9.17, 15) is 0 Å². The number of hydrogen-bond donors (Lipinski definition) is 2. The summed E-state index contributed by atoms with van der Waals surface area (Å²) in [6, 6.07) is 5.46. The number of rotatable bonds is 4. The fourth-order valence-electron chi connectivity index (χ4n) is 1.19.